The molecule has 0 radical (unpaired) electrons. The van der Waals surface area contributed by atoms with Gasteiger partial charge in [-0.05, 0) is 42.7 Å². The summed E-state index contributed by atoms with van der Waals surface area (Å²) in [7, 11) is 0. The van der Waals surface area contributed by atoms with Crippen molar-refractivity contribution >= 4 is 34.5 Å². The number of carbonyl (C=O) groups excluding carboxylic acids is 1. The van der Waals surface area contributed by atoms with Crippen LogP contribution < -0.4 is 10.6 Å². The maximum Gasteiger partial charge on any atom is 0.326 e. The number of nitrogens with zero attached hydrogens (tertiary/aromatic N) is 2. The smallest absolute Gasteiger partial charge is 0.326 e. The number of fused-ring (bicyclic) bond motifs is 1. The van der Waals surface area contributed by atoms with Gasteiger partial charge in [-0.2, -0.15) is 0 Å². The normalized spacial score (nSPS) is 18.3. The molecule has 1 aliphatic rings. The fourth-order valence-corrected chi connectivity index (χ4v) is 4.00. The van der Waals surface area contributed by atoms with Crippen molar-refractivity contribution in [3.8, 4) is 0 Å². The number of nitrogens with one attached hydrogen (secondary N) is 2. The topological polar surface area (TPSA) is 104 Å². The predicted molar refractivity (Wildman–Crippen MR) is 124 cm³/mol. The number of aromatic nitrogens is 2. The lowest BCUT2D eigenvalue weighted by Crippen LogP contribution is -2.45. The van der Waals surface area contributed by atoms with Gasteiger partial charge in [0.2, 0.25) is 0 Å². The number of rotatable bonds is 10. The van der Waals surface area contributed by atoms with E-state index in [1.54, 1.807) is 18.6 Å². The lowest BCUT2D eigenvalue weighted by molar-refractivity contribution is -0.139. The standard InChI is InChI=1S/C25H26N4O3/c1-25(10-2-14-30)11-7-22(25)29-21(24(31)32)15-17-3-5-19(6-4-17)28-23-20-9-12-26-16-18(20)8-13-27-23/h3-9,12-14,16,21,29H,2,10-11,15H2,1H3,(H,27,28)(H,31,32)/t21-,25+/m0/s1. The molecule has 3 N–H and O–H groups in total. The second-order valence-electron chi connectivity index (χ2n) is 8.41. The van der Waals surface area contributed by atoms with E-state index in [0.717, 1.165) is 52.7 Å². The third kappa shape index (κ3) is 4.61. The summed E-state index contributed by atoms with van der Waals surface area (Å²) in [6.07, 6.45) is 10.6. The molecule has 0 spiro atoms. The molecule has 0 aliphatic heterocycles. The van der Waals surface area contributed by atoms with Crippen molar-refractivity contribution in [2.75, 3.05) is 5.32 Å². The molecule has 1 aromatic carbocycles. The van der Waals surface area contributed by atoms with Crippen molar-refractivity contribution in [1.82, 2.24) is 15.3 Å². The van der Waals surface area contributed by atoms with E-state index >= 15 is 0 Å². The van der Waals surface area contributed by atoms with Crippen molar-refractivity contribution in [3.63, 3.8) is 0 Å². The molecular weight excluding hydrogens is 404 g/mol. The molecule has 0 amide bonds. The number of pyridine rings is 2. The highest BCUT2D eigenvalue weighted by Gasteiger charge is 2.36. The Morgan fingerprint density at radius 3 is 2.72 bits per heavy atom. The average molecular weight is 431 g/mol. The zero-order chi connectivity index (χ0) is 22.6. The van der Waals surface area contributed by atoms with Crippen LogP contribution >= 0.6 is 0 Å². The van der Waals surface area contributed by atoms with Gasteiger partial charge >= 0.3 is 5.97 Å². The second-order valence-corrected chi connectivity index (χ2v) is 8.41. The van der Waals surface area contributed by atoms with Crippen LogP contribution in [0.5, 0.6) is 0 Å². The van der Waals surface area contributed by atoms with Crippen LogP contribution in [0, 0.1) is 5.41 Å². The van der Waals surface area contributed by atoms with Gasteiger partial charge in [0.05, 0.1) is 0 Å². The molecule has 32 heavy (non-hydrogen) atoms. The molecule has 2 heterocycles. The van der Waals surface area contributed by atoms with E-state index in [-0.39, 0.29) is 5.41 Å². The monoisotopic (exact) mass is 430 g/mol. The Balaban J connectivity index is 1.43. The molecule has 0 saturated carbocycles. The molecule has 0 saturated heterocycles. The zero-order valence-electron chi connectivity index (χ0n) is 17.9. The van der Waals surface area contributed by atoms with E-state index < -0.39 is 12.0 Å². The lowest BCUT2D eigenvalue weighted by Gasteiger charge is -2.40. The molecule has 4 rings (SSSR count). The summed E-state index contributed by atoms with van der Waals surface area (Å²) < 4.78 is 0. The lowest BCUT2D eigenvalue weighted by atomic mass is 9.71. The number of hydrogen-bond donors (Lipinski definition) is 3. The van der Waals surface area contributed by atoms with Crippen LogP contribution in [0.15, 0.2) is 66.8 Å². The van der Waals surface area contributed by atoms with Crippen LogP contribution in [0.25, 0.3) is 10.8 Å². The van der Waals surface area contributed by atoms with Crippen LogP contribution in [0.1, 0.15) is 31.7 Å². The third-order valence-corrected chi connectivity index (χ3v) is 6.07. The Hall–Kier alpha value is -3.74. The molecule has 1 aliphatic carbocycles. The molecule has 2 aromatic heterocycles. The van der Waals surface area contributed by atoms with E-state index in [1.807, 2.05) is 42.5 Å². The second kappa shape index (κ2) is 9.18. The predicted octanol–water partition coefficient (Wildman–Crippen LogP) is 4.23. The van der Waals surface area contributed by atoms with Gasteiger partial charge in [0.25, 0.3) is 0 Å². The van der Waals surface area contributed by atoms with E-state index in [9.17, 15) is 14.7 Å². The maximum atomic E-state index is 11.9. The van der Waals surface area contributed by atoms with Gasteiger partial charge in [-0.1, -0.05) is 25.1 Å². The fraction of sp³-hybridized carbons (Fsp3) is 0.280. The number of anilines is 2. The Bertz CT molecular complexity index is 1150. The third-order valence-electron chi connectivity index (χ3n) is 6.07. The number of aldehydes is 1. The molecule has 7 heteroatoms. The van der Waals surface area contributed by atoms with Crippen LogP contribution in [0.3, 0.4) is 0 Å². The molecule has 164 valence electrons. The van der Waals surface area contributed by atoms with Crippen molar-refractivity contribution < 1.29 is 14.7 Å². The van der Waals surface area contributed by atoms with Gasteiger partial charge in [0.1, 0.15) is 18.1 Å². The Labute approximate surface area is 186 Å². The summed E-state index contributed by atoms with van der Waals surface area (Å²) in [6.45, 7) is 2.07. The number of aliphatic carboxylic acids is 1. The van der Waals surface area contributed by atoms with E-state index in [1.165, 1.54) is 0 Å². The van der Waals surface area contributed by atoms with Crippen LogP contribution in [0.4, 0.5) is 11.5 Å². The van der Waals surface area contributed by atoms with Gasteiger partial charge in [-0.3, -0.25) is 4.98 Å². The molecule has 2 atom stereocenters. The largest absolute Gasteiger partial charge is 0.480 e. The van der Waals surface area contributed by atoms with Crippen molar-refractivity contribution in [1.29, 1.82) is 0 Å². The molecule has 0 unspecified atom stereocenters. The Kier molecular flexibility index (Phi) is 6.16. The zero-order valence-corrected chi connectivity index (χ0v) is 17.9. The average Bonchev–Trinajstić information content (AvgIpc) is 2.80. The summed E-state index contributed by atoms with van der Waals surface area (Å²) in [5, 5.41) is 18.2. The molecular formula is C25H26N4O3. The first-order valence-electron chi connectivity index (χ1n) is 10.7. The van der Waals surface area contributed by atoms with E-state index in [4.69, 9.17) is 0 Å². The molecule has 7 nitrogen and oxygen atoms in total. The fourth-order valence-electron chi connectivity index (χ4n) is 4.00. The molecule has 0 bridgehead atoms. The van der Waals surface area contributed by atoms with Gasteiger partial charge in [0.15, 0.2) is 0 Å². The van der Waals surface area contributed by atoms with Gasteiger partial charge in [-0.25, -0.2) is 9.78 Å². The van der Waals surface area contributed by atoms with Crippen molar-refractivity contribution in [2.24, 2.45) is 5.41 Å². The van der Waals surface area contributed by atoms with Crippen molar-refractivity contribution in [2.45, 2.75) is 38.6 Å². The Morgan fingerprint density at radius 2 is 2.03 bits per heavy atom. The first-order valence-corrected chi connectivity index (χ1v) is 10.7. The maximum absolute atomic E-state index is 11.9. The summed E-state index contributed by atoms with van der Waals surface area (Å²) in [5.41, 5.74) is 2.55. The van der Waals surface area contributed by atoms with E-state index in [2.05, 4.69) is 27.5 Å². The van der Waals surface area contributed by atoms with E-state index in [0.29, 0.717) is 12.8 Å². The van der Waals surface area contributed by atoms with Crippen LogP contribution in [-0.2, 0) is 16.0 Å². The number of hydrogen-bond acceptors (Lipinski definition) is 6. The number of allylic oxidation sites excluding steroid dienone is 2. The number of carbonyl (C=O) groups is 2. The van der Waals surface area contributed by atoms with Gasteiger partial charge < -0.3 is 20.5 Å². The van der Waals surface area contributed by atoms with Crippen molar-refractivity contribution in [3.05, 3.63) is 72.3 Å². The summed E-state index contributed by atoms with van der Waals surface area (Å²) in [5.74, 6) is -0.152. The number of carboxylic acid groups (broad SMARTS) is 1. The first-order chi connectivity index (χ1) is 15.5. The van der Waals surface area contributed by atoms with Gasteiger partial charge in [-0.15, -0.1) is 0 Å². The SMILES string of the molecule is C[C@@]1(CCC=O)CC=C1N[C@@H](Cc1ccc(Nc2nccc3cnccc23)cc1)C(=O)O. The highest BCUT2D eigenvalue weighted by Crippen LogP contribution is 2.43. The highest BCUT2D eigenvalue weighted by atomic mass is 16.4. The summed E-state index contributed by atoms with van der Waals surface area (Å²) in [4.78, 5) is 31.2. The minimum Gasteiger partial charge on any atom is -0.480 e. The summed E-state index contributed by atoms with van der Waals surface area (Å²) in [6, 6.07) is 10.8. The highest BCUT2D eigenvalue weighted by molar-refractivity contribution is 5.92. The minimum atomic E-state index is -0.897. The van der Waals surface area contributed by atoms with Crippen LogP contribution in [-0.4, -0.2) is 33.4 Å². The van der Waals surface area contributed by atoms with Crippen LogP contribution in [0.2, 0.25) is 0 Å². The molecule has 0 fully saturated rings. The quantitative estimate of drug-likeness (QED) is 0.414. The summed E-state index contributed by atoms with van der Waals surface area (Å²) >= 11 is 0. The minimum absolute atomic E-state index is 0.149. The molecule has 3 aromatic rings. The number of carboxylic acids is 1. The Morgan fingerprint density at radius 1 is 1.22 bits per heavy atom. The number of benzene rings is 1. The first kappa shape index (κ1) is 21.5. The van der Waals surface area contributed by atoms with Gasteiger partial charge in [0, 0.05) is 59.0 Å².